The number of nitrogens with zero attached hydrogens (tertiary/aromatic N) is 1. The number of likely N-dealkylation sites (N-methyl/N-ethyl adjacent to an activating group) is 1. The van der Waals surface area contributed by atoms with Crippen LogP contribution in [0.5, 0.6) is 5.75 Å². The van der Waals surface area contributed by atoms with E-state index in [9.17, 15) is 4.79 Å². The Kier molecular flexibility index (Phi) is 8.19. The summed E-state index contributed by atoms with van der Waals surface area (Å²) in [5.74, 6) is 0.390. The van der Waals surface area contributed by atoms with E-state index in [1.54, 1.807) is 34.3 Å². The highest BCUT2D eigenvalue weighted by molar-refractivity contribution is 6.04. The molecule has 2 rings (SSSR count). The molecule has 150 valence electrons. The van der Waals surface area contributed by atoms with Gasteiger partial charge in [0.2, 0.25) is 0 Å². The zero-order valence-electron chi connectivity index (χ0n) is 16.8. The predicted molar refractivity (Wildman–Crippen MR) is 108 cm³/mol. The van der Waals surface area contributed by atoms with Crippen molar-refractivity contribution in [1.29, 1.82) is 0 Å². The van der Waals surface area contributed by atoms with Gasteiger partial charge in [-0.1, -0.05) is 36.9 Å². The van der Waals surface area contributed by atoms with Gasteiger partial charge in [-0.2, -0.15) is 0 Å². The monoisotopic (exact) mass is 385 g/mol. The van der Waals surface area contributed by atoms with Crippen LogP contribution in [0, 0.1) is 0 Å². The van der Waals surface area contributed by atoms with Crippen molar-refractivity contribution in [2.75, 3.05) is 39.8 Å². The minimum atomic E-state index is -0.390. The van der Waals surface area contributed by atoms with E-state index in [4.69, 9.17) is 18.9 Å². The first-order chi connectivity index (χ1) is 13.5. The van der Waals surface area contributed by atoms with Crippen LogP contribution < -0.4 is 9.64 Å². The van der Waals surface area contributed by atoms with Crippen LogP contribution in [-0.4, -0.2) is 40.8 Å². The second kappa shape index (κ2) is 10.6. The Labute approximate surface area is 166 Å². The highest BCUT2D eigenvalue weighted by Gasteiger charge is 2.20. The maximum absolute atomic E-state index is 12.4. The second-order valence-corrected chi connectivity index (χ2v) is 6.32. The number of benzene rings is 2. The number of amides is 1. The summed E-state index contributed by atoms with van der Waals surface area (Å²) in [5.41, 5.74) is 2.90. The van der Waals surface area contributed by atoms with Crippen molar-refractivity contribution in [3.8, 4) is 5.75 Å². The molecule has 28 heavy (non-hydrogen) atoms. The first-order valence-electron chi connectivity index (χ1n) is 8.83. The van der Waals surface area contributed by atoms with Crippen LogP contribution in [0.25, 0.3) is 0 Å². The fraction of sp³-hybridized carbons (Fsp3) is 0.318. The number of carbonyl (C=O) groups excluding carboxylic acids is 1. The highest BCUT2D eigenvalue weighted by Crippen LogP contribution is 2.33. The van der Waals surface area contributed by atoms with E-state index in [0.717, 1.165) is 11.1 Å². The average molecular weight is 385 g/mol. The number of rotatable bonds is 10. The maximum atomic E-state index is 12.4. The lowest BCUT2D eigenvalue weighted by Crippen LogP contribution is -2.26. The van der Waals surface area contributed by atoms with Gasteiger partial charge < -0.3 is 23.8 Å². The molecule has 1 atom stereocenters. The van der Waals surface area contributed by atoms with E-state index >= 15 is 0 Å². The maximum Gasteiger partial charge on any atom is 0.253 e. The van der Waals surface area contributed by atoms with Crippen molar-refractivity contribution < 1.29 is 23.7 Å². The fourth-order valence-electron chi connectivity index (χ4n) is 2.71. The Hall–Kier alpha value is -2.67. The summed E-state index contributed by atoms with van der Waals surface area (Å²) in [6.45, 7) is 5.63. The van der Waals surface area contributed by atoms with Crippen LogP contribution in [0.2, 0.25) is 0 Å². The number of ether oxygens (including phenoxy) is 4. The van der Waals surface area contributed by atoms with E-state index < -0.39 is 0 Å². The van der Waals surface area contributed by atoms with Gasteiger partial charge in [-0.15, -0.1) is 0 Å². The van der Waals surface area contributed by atoms with Gasteiger partial charge in [-0.3, -0.25) is 4.79 Å². The van der Waals surface area contributed by atoms with Crippen LogP contribution in [0.15, 0.2) is 60.7 Å². The van der Waals surface area contributed by atoms with Gasteiger partial charge in [0.1, 0.15) is 18.6 Å². The lowest BCUT2D eigenvalue weighted by molar-refractivity contribution is -0.114. The van der Waals surface area contributed by atoms with Gasteiger partial charge in [-0.25, -0.2) is 0 Å². The Morgan fingerprint density at radius 3 is 2.32 bits per heavy atom. The van der Waals surface area contributed by atoms with Gasteiger partial charge in [-0.05, 0) is 30.2 Å². The fourth-order valence-corrected chi connectivity index (χ4v) is 2.71. The quantitative estimate of drug-likeness (QED) is 0.458. The largest absolute Gasteiger partial charge is 0.467 e. The molecule has 0 spiro atoms. The Morgan fingerprint density at radius 1 is 1.04 bits per heavy atom. The molecule has 6 heteroatoms. The molecule has 2 aromatic carbocycles. The molecule has 0 aliphatic carbocycles. The molecule has 1 amide bonds. The molecule has 0 saturated heterocycles. The summed E-state index contributed by atoms with van der Waals surface area (Å²) < 4.78 is 21.7. The molecule has 0 bridgehead atoms. The molecule has 0 saturated carbocycles. The normalized spacial score (nSPS) is 11.7. The molecule has 1 unspecified atom stereocenters. The molecular weight excluding hydrogens is 358 g/mol. The second-order valence-electron chi connectivity index (χ2n) is 6.32. The number of hydrogen-bond donors (Lipinski definition) is 0. The molecule has 0 heterocycles. The van der Waals surface area contributed by atoms with Crippen LogP contribution in [0.4, 0.5) is 5.69 Å². The predicted octanol–water partition coefficient (Wildman–Crippen LogP) is 3.92. The van der Waals surface area contributed by atoms with Crippen LogP contribution in [0.1, 0.15) is 24.2 Å². The first-order valence-corrected chi connectivity index (χ1v) is 8.83. The number of hydrogen-bond acceptors (Lipinski definition) is 5. The lowest BCUT2D eigenvalue weighted by Gasteiger charge is -2.23. The zero-order valence-corrected chi connectivity index (χ0v) is 16.8. The molecule has 0 fully saturated rings. The van der Waals surface area contributed by atoms with Crippen molar-refractivity contribution in [3.05, 3.63) is 71.8 Å². The topological polar surface area (TPSA) is 57.2 Å². The number of carbonyl (C=O) groups is 1. The molecular formula is C22H27NO5. The standard InChI is InChI=1S/C22H27NO5/c1-16(2)22(24)23(3)19-11-18(12-20(13-19)27-14-25-4)21(28-15-26-5)17-9-7-6-8-10-17/h6-13,21H,1,14-15H2,2-5H3. The van der Waals surface area contributed by atoms with Gasteiger partial charge >= 0.3 is 0 Å². The third kappa shape index (κ3) is 5.66. The van der Waals surface area contributed by atoms with Gasteiger partial charge in [0.05, 0.1) is 0 Å². The summed E-state index contributed by atoms with van der Waals surface area (Å²) in [6, 6.07) is 15.3. The molecule has 0 aliphatic heterocycles. The van der Waals surface area contributed by atoms with Crippen molar-refractivity contribution in [1.82, 2.24) is 0 Å². The summed E-state index contributed by atoms with van der Waals surface area (Å²) in [4.78, 5) is 13.9. The van der Waals surface area contributed by atoms with E-state index in [-0.39, 0.29) is 25.6 Å². The third-order valence-electron chi connectivity index (χ3n) is 4.07. The SMILES string of the molecule is C=C(C)C(=O)N(C)c1cc(OCOC)cc(C(OCOC)c2ccccc2)c1. The van der Waals surface area contributed by atoms with Crippen molar-refractivity contribution in [2.45, 2.75) is 13.0 Å². The minimum Gasteiger partial charge on any atom is -0.467 e. The van der Waals surface area contributed by atoms with Crippen LogP contribution >= 0.6 is 0 Å². The Balaban J connectivity index is 2.50. The van der Waals surface area contributed by atoms with E-state index in [0.29, 0.717) is 17.0 Å². The Bertz CT molecular complexity index is 791. The van der Waals surface area contributed by atoms with Gasteiger partial charge in [0.25, 0.3) is 5.91 Å². The minimum absolute atomic E-state index is 0.0932. The van der Waals surface area contributed by atoms with E-state index in [2.05, 4.69) is 6.58 Å². The third-order valence-corrected chi connectivity index (χ3v) is 4.07. The van der Waals surface area contributed by atoms with Crippen molar-refractivity contribution in [2.24, 2.45) is 0 Å². The lowest BCUT2D eigenvalue weighted by atomic mass is 10.00. The summed E-state index contributed by atoms with van der Waals surface area (Å²) in [5, 5.41) is 0. The number of methoxy groups -OCH3 is 2. The zero-order chi connectivity index (χ0) is 20.5. The van der Waals surface area contributed by atoms with Crippen LogP contribution in [-0.2, 0) is 19.0 Å². The average Bonchev–Trinajstić information content (AvgIpc) is 2.72. The van der Waals surface area contributed by atoms with E-state index in [1.165, 1.54) is 4.90 Å². The molecule has 0 aliphatic rings. The summed E-state index contributed by atoms with van der Waals surface area (Å²) in [6.07, 6.45) is -0.390. The van der Waals surface area contributed by atoms with E-state index in [1.807, 2.05) is 42.5 Å². The molecule has 2 aromatic rings. The molecule has 0 radical (unpaired) electrons. The van der Waals surface area contributed by atoms with Crippen LogP contribution in [0.3, 0.4) is 0 Å². The molecule has 0 N–H and O–H groups in total. The first kappa shape index (κ1) is 21.6. The van der Waals surface area contributed by atoms with Gasteiger partial charge in [0, 0.05) is 38.6 Å². The Morgan fingerprint density at radius 2 is 1.71 bits per heavy atom. The number of anilines is 1. The summed E-state index contributed by atoms with van der Waals surface area (Å²) >= 11 is 0. The summed E-state index contributed by atoms with van der Waals surface area (Å²) in [7, 11) is 4.82. The molecule has 6 nitrogen and oxygen atoms in total. The van der Waals surface area contributed by atoms with Gasteiger partial charge in [0.15, 0.2) is 6.79 Å². The van der Waals surface area contributed by atoms with Crippen molar-refractivity contribution in [3.63, 3.8) is 0 Å². The smallest absolute Gasteiger partial charge is 0.253 e. The molecule has 0 aromatic heterocycles. The van der Waals surface area contributed by atoms with Crippen molar-refractivity contribution >= 4 is 11.6 Å². The highest BCUT2D eigenvalue weighted by atomic mass is 16.7.